The smallest absolute Gasteiger partial charge is 0.322 e. The Morgan fingerprint density at radius 3 is 2.56 bits per heavy atom. The van der Waals surface area contributed by atoms with Crippen LogP contribution >= 0.6 is 11.8 Å². The van der Waals surface area contributed by atoms with Crippen molar-refractivity contribution in [1.82, 2.24) is 0 Å². The van der Waals surface area contributed by atoms with E-state index in [2.05, 4.69) is 22.3 Å². The first-order valence-electron chi connectivity index (χ1n) is 9.07. The lowest BCUT2D eigenvalue weighted by Gasteiger charge is -2.26. The lowest BCUT2D eigenvalue weighted by molar-refractivity contribution is 0.129. The van der Waals surface area contributed by atoms with Crippen LogP contribution < -0.4 is 5.32 Å². The second kappa shape index (κ2) is 7.81. The first-order valence-corrected chi connectivity index (χ1v) is 11.0. The molecule has 146 valence electrons. The van der Waals surface area contributed by atoms with Crippen molar-refractivity contribution in [2.24, 2.45) is 4.36 Å². The van der Waals surface area contributed by atoms with Gasteiger partial charge in [0.25, 0.3) is 0 Å². The number of fused-ring (bicyclic) bond motifs is 2. The molecule has 0 saturated carbocycles. The van der Waals surface area contributed by atoms with Crippen LogP contribution in [0.3, 0.4) is 0 Å². The number of allylic oxidation sites excluding steroid dienone is 1. The third kappa shape index (κ3) is 4.31. The molecule has 0 aromatic heterocycles. The van der Waals surface area contributed by atoms with Crippen LogP contribution in [0.15, 0.2) is 32.2 Å². The predicted molar refractivity (Wildman–Crippen MR) is 112 cm³/mol. The molecule has 0 unspecified atom stereocenters. The molecule has 7 heteroatoms. The lowest BCUT2D eigenvalue weighted by atomic mass is 9.83. The molecule has 0 fully saturated rings. The van der Waals surface area contributed by atoms with E-state index in [4.69, 9.17) is 0 Å². The minimum atomic E-state index is -1.84. The number of nitrogens with zero attached hydrogens (tertiary/aromatic N) is 1. The van der Waals surface area contributed by atoms with Gasteiger partial charge in [-0.25, -0.2) is 4.79 Å². The van der Waals surface area contributed by atoms with Crippen LogP contribution in [0.1, 0.15) is 49.4 Å². The first-order chi connectivity index (χ1) is 12.7. The molecule has 2 aliphatic rings. The number of rotatable bonds is 5. The molecule has 2 amide bonds. The van der Waals surface area contributed by atoms with E-state index in [0.29, 0.717) is 9.14 Å². The second-order valence-electron chi connectivity index (χ2n) is 7.34. The van der Waals surface area contributed by atoms with Crippen LogP contribution in [-0.4, -0.2) is 16.7 Å². The summed E-state index contributed by atoms with van der Waals surface area (Å²) in [6.45, 7) is 8.74. The van der Waals surface area contributed by atoms with Crippen molar-refractivity contribution in [3.63, 3.8) is 0 Å². The van der Waals surface area contributed by atoms with Crippen LogP contribution in [0.4, 0.5) is 10.5 Å². The maximum atomic E-state index is 12.5. The summed E-state index contributed by atoms with van der Waals surface area (Å²) in [5.74, 6) is 0. The lowest BCUT2D eigenvalue weighted by Crippen LogP contribution is -2.19. The average molecular weight is 406 g/mol. The molecule has 0 aliphatic heterocycles. The van der Waals surface area contributed by atoms with E-state index < -0.39 is 22.2 Å². The second-order valence-corrected chi connectivity index (χ2v) is 9.86. The van der Waals surface area contributed by atoms with Crippen molar-refractivity contribution in [3.8, 4) is 0 Å². The topological polar surface area (TPSA) is 78.8 Å². The number of benzene rings is 1. The molecule has 1 aromatic rings. The van der Waals surface area contributed by atoms with Crippen molar-refractivity contribution in [2.45, 2.75) is 58.5 Å². The molecule has 0 heterocycles. The van der Waals surface area contributed by atoms with Gasteiger partial charge in [0.05, 0.1) is 5.60 Å². The van der Waals surface area contributed by atoms with Crippen LogP contribution in [0.2, 0.25) is 0 Å². The van der Waals surface area contributed by atoms with E-state index in [1.54, 1.807) is 26.8 Å². The average Bonchev–Trinajstić information content (AvgIpc) is 3.02. The SMILES string of the molecule is C=C(S/C(=C\C)[S-](=O)=NC(=O)Nc1c2c(cc3c1CC3)CCC2)C(C)(C)O. The van der Waals surface area contributed by atoms with E-state index in [1.807, 2.05) is 0 Å². The molecule has 2 aliphatic carbocycles. The zero-order chi connectivity index (χ0) is 19.8. The summed E-state index contributed by atoms with van der Waals surface area (Å²) >= 11 is 1.09. The number of hydrogen-bond acceptors (Lipinski definition) is 5. The highest BCUT2D eigenvalue weighted by Crippen LogP contribution is 2.39. The fraction of sp³-hybridized carbons (Fsp3) is 0.450. The quantitative estimate of drug-likeness (QED) is 0.688. The Labute approximate surface area is 166 Å². The number of hydrogen-bond donors (Lipinski definition) is 2. The van der Waals surface area contributed by atoms with Gasteiger partial charge in [-0.15, -0.1) is 22.4 Å². The maximum absolute atomic E-state index is 12.5. The summed E-state index contributed by atoms with van der Waals surface area (Å²) in [5.41, 5.74) is 4.79. The van der Waals surface area contributed by atoms with Crippen molar-refractivity contribution < 1.29 is 14.1 Å². The number of carbonyl (C=O) groups is 1. The van der Waals surface area contributed by atoms with Crippen LogP contribution in [0.5, 0.6) is 0 Å². The van der Waals surface area contributed by atoms with Gasteiger partial charge in [0.2, 0.25) is 0 Å². The molecule has 3 rings (SSSR count). The van der Waals surface area contributed by atoms with Gasteiger partial charge in [-0.2, -0.15) is 0 Å². The Morgan fingerprint density at radius 1 is 1.30 bits per heavy atom. The summed E-state index contributed by atoms with van der Waals surface area (Å²) < 4.78 is 16.7. The highest BCUT2D eigenvalue weighted by atomic mass is 32.2. The van der Waals surface area contributed by atoms with Crippen LogP contribution in [0, 0.1) is 0 Å². The number of anilines is 1. The summed E-state index contributed by atoms with van der Waals surface area (Å²) in [6, 6.07) is 1.67. The molecule has 27 heavy (non-hydrogen) atoms. The first kappa shape index (κ1) is 20.2. The standard InChI is InChI=1S/C20H25N2O3S2/c1-5-17(26-12(2)20(3,4)24)27(25)22-19(23)21-18-15-8-6-7-13(15)11-14-9-10-16(14)18/h5,11,24H,2,6-10H2,1,3-4H3,(H,21,23)/q-1/b17-5+. The zero-order valence-corrected chi connectivity index (χ0v) is 17.6. The van der Waals surface area contributed by atoms with E-state index in [0.717, 1.165) is 49.6 Å². The highest BCUT2D eigenvalue weighted by Gasteiger charge is 2.26. The molecular formula is C20H25N2O3S2-. The molecule has 5 nitrogen and oxygen atoms in total. The van der Waals surface area contributed by atoms with Crippen molar-refractivity contribution in [3.05, 3.63) is 50.1 Å². The van der Waals surface area contributed by atoms with E-state index in [1.165, 1.54) is 22.3 Å². The number of carbonyl (C=O) groups excluding carboxylic acids is 1. The molecule has 0 bridgehead atoms. The third-order valence-electron chi connectivity index (χ3n) is 4.96. The van der Waals surface area contributed by atoms with E-state index >= 15 is 0 Å². The monoisotopic (exact) mass is 405 g/mol. The summed E-state index contributed by atoms with van der Waals surface area (Å²) in [6.07, 6.45) is 6.75. The van der Waals surface area contributed by atoms with Crippen LogP contribution in [-0.2, 0) is 40.5 Å². The number of amides is 2. The van der Waals surface area contributed by atoms with Gasteiger partial charge >= 0.3 is 6.03 Å². The molecule has 0 radical (unpaired) electrons. The number of nitrogens with one attached hydrogen (secondary N) is 1. The van der Waals surface area contributed by atoms with Gasteiger partial charge in [0.1, 0.15) is 0 Å². The number of aryl methyl sites for hydroxylation is 2. The third-order valence-corrected chi connectivity index (χ3v) is 7.73. The Balaban J connectivity index is 1.78. The van der Waals surface area contributed by atoms with Gasteiger partial charge in [-0.3, -0.25) is 0 Å². The normalized spacial score (nSPS) is 17.1. The van der Waals surface area contributed by atoms with Crippen molar-refractivity contribution in [2.75, 3.05) is 5.32 Å². The van der Waals surface area contributed by atoms with Gasteiger partial charge in [0.15, 0.2) is 0 Å². The molecule has 0 saturated heterocycles. The molecular weight excluding hydrogens is 380 g/mol. The van der Waals surface area contributed by atoms with Gasteiger partial charge < -0.3 is 19.0 Å². The Bertz CT molecular complexity index is 920. The van der Waals surface area contributed by atoms with Crippen molar-refractivity contribution in [1.29, 1.82) is 0 Å². The van der Waals surface area contributed by atoms with E-state index in [9.17, 15) is 14.1 Å². The number of thioether (sulfide) groups is 1. The van der Waals surface area contributed by atoms with Gasteiger partial charge in [-0.1, -0.05) is 23.0 Å². The number of aliphatic hydroxyl groups is 1. The minimum Gasteiger partial charge on any atom is -0.439 e. The fourth-order valence-electron chi connectivity index (χ4n) is 3.29. The molecule has 0 atom stereocenters. The Kier molecular flexibility index (Phi) is 5.84. The summed E-state index contributed by atoms with van der Waals surface area (Å²) in [7, 11) is -1.84. The van der Waals surface area contributed by atoms with Gasteiger partial charge in [-0.05, 0) is 75.1 Å². The van der Waals surface area contributed by atoms with Crippen LogP contribution in [0.25, 0.3) is 0 Å². The summed E-state index contributed by atoms with van der Waals surface area (Å²) in [4.78, 5) is 12.9. The summed E-state index contributed by atoms with van der Waals surface area (Å²) in [5, 5.41) is 12.9. The largest absolute Gasteiger partial charge is 0.439 e. The minimum absolute atomic E-state index is 0.378. The molecule has 0 spiro atoms. The maximum Gasteiger partial charge on any atom is 0.322 e. The molecule has 2 N–H and O–H groups in total. The van der Waals surface area contributed by atoms with Gasteiger partial charge in [0, 0.05) is 10.6 Å². The Morgan fingerprint density at radius 2 is 1.96 bits per heavy atom. The number of urea groups is 1. The molecule has 1 aromatic carbocycles. The highest BCUT2D eigenvalue weighted by molar-refractivity contribution is 8.16. The predicted octanol–water partition coefficient (Wildman–Crippen LogP) is 4.83. The van der Waals surface area contributed by atoms with Crippen molar-refractivity contribution >= 4 is 34.1 Å². The Hall–Kier alpha value is -1.57. The zero-order valence-electron chi connectivity index (χ0n) is 15.9. The fourth-order valence-corrected chi connectivity index (χ4v) is 5.08. The van der Waals surface area contributed by atoms with E-state index in [-0.39, 0.29) is 0 Å².